The molecule has 0 saturated heterocycles. The molecule has 0 aliphatic carbocycles. The van der Waals surface area contributed by atoms with Gasteiger partial charge < -0.3 is 14.2 Å². The fourth-order valence-corrected chi connectivity index (χ4v) is 1.02. The topological polar surface area (TPSA) is 53.8 Å². The van der Waals surface area contributed by atoms with Gasteiger partial charge in [-0.1, -0.05) is 0 Å². The third-order valence-electron chi connectivity index (χ3n) is 1.99. The maximum Gasteiger partial charge on any atom is 0.257 e. The van der Waals surface area contributed by atoms with Crippen LogP contribution in [-0.2, 0) is 4.79 Å². The number of hydrogen-bond donors (Lipinski definition) is 0. The Morgan fingerprint density at radius 3 is 2.47 bits per heavy atom. The summed E-state index contributed by atoms with van der Waals surface area (Å²) in [6.07, 6.45) is 2.79. The molecule has 5 heteroatoms. The SMILES string of the molecule is CN(C)C(=O)CN(C)C(=O)c1ccoc1. The Kier molecular flexibility index (Phi) is 3.49. The number of hydrogen-bond acceptors (Lipinski definition) is 3. The maximum atomic E-state index is 11.7. The lowest BCUT2D eigenvalue weighted by atomic mass is 10.3. The van der Waals surface area contributed by atoms with E-state index in [4.69, 9.17) is 4.42 Å². The van der Waals surface area contributed by atoms with Crippen molar-refractivity contribution in [1.29, 1.82) is 0 Å². The van der Waals surface area contributed by atoms with Crippen molar-refractivity contribution in [2.24, 2.45) is 0 Å². The number of furan rings is 1. The molecule has 0 unspecified atom stereocenters. The van der Waals surface area contributed by atoms with Crippen LogP contribution in [0.4, 0.5) is 0 Å². The first-order chi connectivity index (χ1) is 7.02. The van der Waals surface area contributed by atoms with Crippen LogP contribution in [-0.4, -0.2) is 49.3 Å². The Labute approximate surface area is 88.3 Å². The van der Waals surface area contributed by atoms with Crippen LogP contribution >= 0.6 is 0 Å². The molecule has 1 aromatic heterocycles. The Bertz CT molecular complexity index is 344. The average Bonchev–Trinajstić information content (AvgIpc) is 2.68. The van der Waals surface area contributed by atoms with Crippen LogP contribution in [0.25, 0.3) is 0 Å². The van der Waals surface area contributed by atoms with Crippen LogP contribution in [0.2, 0.25) is 0 Å². The highest BCUT2D eigenvalue weighted by atomic mass is 16.3. The largest absolute Gasteiger partial charge is 0.472 e. The molecule has 15 heavy (non-hydrogen) atoms. The molecule has 0 spiro atoms. The van der Waals surface area contributed by atoms with Gasteiger partial charge in [0.2, 0.25) is 5.91 Å². The third kappa shape index (κ3) is 2.83. The molecular weight excluding hydrogens is 196 g/mol. The van der Waals surface area contributed by atoms with E-state index in [0.29, 0.717) is 5.56 Å². The fraction of sp³-hybridized carbons (Fsp3) is 0.400. The molecular formula is C10H14N2O3. The van der Waals surface area contributed by atoms with Gasteiger partial charge in [0.25, 0.3) is 5.91 Å². The average molecular weight is 210 g/mol. The number of rotatable bonds is 3. The molecule has 0 fully saturated rings. The Morgan fingerprint density at radius 1 is 1.33 bits per heavy atom. The van der Waals surface area contributed by atoms with E-state index >= 15 is 0 Å². The molecule has 0 N–H and O–H groups in total. The zero-order chi connectivity index (χ0) is 11.4. The summed E-state index contributed by atoms with van der Waals surface area (Å²) < 4.78 is 4.80. The van der Waals surface area contributed by atoms with E-state index in [-0.39, 0.29) is 18.4 Å². The lowest BCUT2D eigenvalue weighted by molar-refractivity contribution is -0.129. The Balaban J connectivity index is 2.58. The molecule has 0 aliphatic rings. The minimum Gasteiger partial charge on any atom is -0.472 e. The first-order valence-corrected chi connectivity index (χ1v) is 4.50. The van der Waals surface area contributed by atoms with Gasteiger partial charge in [-0.05, 0) is 6.07 Å². The van der Waals surface area contributed by atoms with Crippen LogP contribution < -0.4 is 0 Å². The number of nitrogens with zero attached hydrogens (tertiary/aromatic N) is 2. The zero-order valence-corrected chi connectivity index (χ0v) is 9.06. The normalized spacial score (nSPS) is 9.80. The Morgan fingerprint density at radius 2 is 2.00 bits per heavy atom. The van der Waals surface area contributed by atoms with E-state index in [1.54, 1.807) is 27.2 Å². The van der Waals surface area contributed by atoms with E-state index in [9.17, 15) is 9.59 Å². The molecule has 0 aliphatic heterocycles. The van der Waals surface area contributed by atoms with Gasteiger partial charge in [-0.25, -0.2) is 0 Å². The maximum absolute atomic E-state index is 11.7. The van der Waals surface area contributed by atoms with Crippen molar-refractivity contribution in [3.63, 3.8) is 0 Å². The summed E-state index contributed by atoms with van der Waals surface area (Å²) in [7, 11) is 4.88. The van der Waals surface area contributed by atoms with Crippen molar-refractivity contribution in [3.8, 4) is 0 Å². The summed E-state index contributed by atoms with van der Waals surface area (Å²) in [5.74, 6) is -0.340. The zero-order valence-electron chi connectivity index (χ0n) is 9.06. The number of carbonyl (C=O) groups excluding carboxylic acids is 2. The van der Waals surface area contributed by atoms with Crippen LogP contribution in [0.15, 0.2) is 23.0 Å². The summed E-state index contributed by atoms with van der Waals surface area (Å²) in [5.41, 5.74) is 0.448. The fourth-order valence-electron chi connectivity index (χ4n) is 1.02. The summed E-state index contributed by atoms with van der Waals surface area (Å²) in [5, 5.41) is 0. The van der Waals surface area contributed by atoms with Crippen LogP contribution in [0.3, 0.4) is 0 Å². The van der Waals surface area contributed by atoms with Crippen molar-refractivity contribution in [1.82, 2.24) is 9.80 Å². The van der Waals surface area contributed by atoms with Crippen molar-refractivity contribution >= 4 is 11.8 Å². The van der Waals surface area contributed by atoms with Gasteiger partial charge in [-0.3, -0.25) is 9.59 Å². The molecule has 0 radical (unpaired) electrons. The molecule has 0 atom stereocenters. The van der Waals surface area contributed by atoms with Gasteiger partial charge in [0.05, 0.1) is 18.4 Å². The molecule has 5 nitrogen and oxygen atoms in total. The molecule has 1 heterocycles. The minimum atomic E-state index is -0.223. The van der Waals surface area contributed by atoms with E-state index in [2.05, 4.69) is 0 Å². The van der Waals surface area contributed by atoms with Gasteiger partial charge in [0.1, 0.15) is 6.26 Å². The third-order valence-corrected chi connectivity index (χ3v) is 1.99. The van der Waals surface area contributed by atoms with Crippen molar-refractivity contribution in [2.75, 3.05) is 27.7 Å². The van der Waals surface area contributed by atoms with E-state index < -0.39 is 0 Å². The van der Waals surface area contributed by atoms with Gasteiger partial charge in [-0.2, -0.15) is 0 Å². The van der Waals surface area contributed by atoms with Gasteiger partial charge >= 0.3 is 0 Å². The quantitative estimate of drug-likeness (QED) is 0.727. The summed E-state index contributed by atoms with van der Waals surface area (Å²) in [6, 6.07) is 1.57. The molecule has 0 bridgehead atoms. The molecule has 0 saturated carbocycles. The predicted octanol–water partition coefficient (Wildman–Crippen LogP) is 0.440. The monoisotopic (exact) mass is 210 g/mol. The van der Waals surface area contributed by atoms with Crippen LogP contribution in [0.1, 0.15) is 10.4 Å². The second kappa shape index (κ2) is 4.63. The van der Waals surface area contributed by atoms with Crippen LogP contribution in [0, 0.1) is 0 Å². The van der Waals surface area contributed by atoms with Gasteiger partial charge in [0.15, 0.2) is 0 Å². The highest BCUT2D eigenvalue weighted by molar-refractivity contribution is 5.95. The number of amides is 2. The molecule has 1 aromatic rings. The highest BCUT2D eigenvalue weighted by Gasteiger charge is 2.16. The summed E-state index contributed by atoms with van der Waals surface area (Å²) >= 11 is 0. The number of likely N-dealkylation sites (N-methyl/N-ethyl adjacent to an activating group) is 2. The first kappa shape index (κ1) is 11.3. The van der Waals surface area contributed by atoms with Crippen molar-refractivity contribution in [2.45, 2.75) is 0 Å². The predicted molar refractivity (Wildman–Crippen MR) is 54.4 cm³/mol. The van der Waals surface area contributed by atoms with E-state index in [0.717, 1.165) is 0 Å². The smallest absolute Gasteiger partial charge is 0.257 e. The molecule has 1 rings (SSSR count). The van der Waals surface area contributed by atoms with Gasteiger partial charge in [-0.15, -0.1) is 0 Å². The van der Waals surface area contributed by atoms with Crippen molar-refractivity contribution in [3.05, 3.63) is 24.2 Å². The second-order valence-corrected chi connectivity index (χ2v) is 3.46. The molecule has 82 valence electrons. The lowest BCUT2D eigenvalue weighted by Gasteiger charge is -2.18. The Hall–Kier alpha value is -1.78. The summed E-state index contributed by atoms with van der Waals surface area (Å²) in [4.78, 5) is 25.8. The molecule has 0 aromatic carbocycles. The van der Waals surface area contributed by atoms with Crippen LogP contribution in [0.5, 0.6) is 0 Å². The standard InChI is InChI=1S/C10H14N2O3/c1-11(2)9(13)6-12(3)10(14)8-4-5-15-7-8/h4-5,7H,6H2,1-3H3. The van der Waals surface area contributed by atoms with E-state index in [1.807, 2.05) is 0 Å². The minimum absolute atomic E-state index is 0.0665. The van der Waals surface area contributed by atoms with Gasteiger partial charge in [0, 0.05) is 21.1 Å². The van der Waals surface area contributed by atoms with E-state index in [1.165, 1.54) is 22.3 Å². The van der Waals surface area contributed by atoms with Crippen molar-refractivity contribution < 1.29 is 14.0 Å². The summed E-state index contributed by atoms with van der Waals surface area (Å²) in [6.45, 7) is 0.0665. The molecule has 2 amide bonds. The number of carbonyl (C=O) groups is 2. The first-order valence-electron chi connectivity index (χ1n) is 4.50. The lowest BCUT2D eigenvalue weighted by Crippen LogP contribution is -2.37. The highest BCUT2D eigenvalue weighted by Crippen LogP contribution is 2.03. The second-order valence-electron chi connectivity index (χ2n) is 3.46.